The first-order chi connectivity index (χ1) is 13.9. The summed E-state index contributed by atoms with van der Waals surface area (Å²) in [7, 11) is 0. The lowest BCUT2D eigenvalue weighted by Crippen LogP contribution is -2.18. The van der Waals surface area contributed by atoms with Gasteiger partial charge in [0.25, 0.3) is 0 Å². The van der Waals surface area contributed by atoms with Crippen molar-refractivity contribution in [2.75, 3.05) is 0 Å². The second-order valence-corrected chi connectivity index (χ2v) is 7.21. The Kier molecular flexibility index (Phi) is 5.89. The molecule has 0 aliphatic rings. The Morgan fingerprint density at radius 2 is 1.72 bits per heavy atom. The number of rotatable bonds is 10. The second-order valence-electron chi connectivity index (χ2n) is 7.21. The number of hydrogen-bond acceptors (Lipinski definition) is 3. The number of imidazole rings is 1. The molecule has 0 aromatic carbocycles. The van der Waals surface area contributed by atoms with Crippen LogP contribution >= 0.6 is 0 Å². The van der Waals surface area contributed by atoms with E-state index in [2.05, 4.69) is 12.5 Å². The van der Waals surface area contributed by atoms with Crippen LogP contribution in [0.2, 0.25) is 0 Å². The number of aromatic nitrogens is 2. The molecule has 0 radical (unpaired) electrons. The van der Waals surface area contributed by atoms with Crippen LogP contribution in [0.3, 0.4) is 0 Å². The van der Waals surface area contributed by atoms with Crippen molar-refractivity contribution in [3.8, 4) is 0 Å². The van der Waals surface area contributed by atoms with Gasteiger partial charge in [-0.15, -0.1) is 6.58 Å². The van der Waals surface area contributed by atoms with Gasteiger partial charge in [-0.2, -0.15) is 0 Å². The van der Waals surface area contributed by atoms with Gasteiger partial charge in [-0.25, -0.2) is 4.79 Å². The van der Waals surface area contributed by atoms with E-state index in [9.17, 15) is 14.4 Å². The fourth-order valence-electron chi connectivity index (χ4n) is 4.15. The van der Waals surface area contributed by atoms with Gasteiger partial charge in [-0.1, -0.05) is 12.1 Å². The molecule has 0 fully saturated rings. The monoisotopic (exact) mass is 396 g/mol. The highest BCUT2D eigenvalue weighted by Crippen LogP contribution is 2.31. The van der Waals surface area contributed by atoms with Crippen LogP contribution in [0.4, 0.5) is 0 Å². The molecule has 152 valence electrons. The van der Waals surface area contributed by atoms with E-state index in [1.807, 2.05) is 28.0 Å². The van der Waals surface area contributed by atoms with Crippen LogP contribution < -0.4 is 5.35 Å². The maximum Gasteiger partial charge on any atom is 0.303 e. The van der Waals surface area contributed by atoms with Gasteiger partial charge in [0.05, 0.1) is 11.0 Å². The van der Waals surface area contributed by atoms with Crippen molar-refractivity contribution in [1.82, 2.24) is 8.97 Å². The number of allylic oxidation sites excluding steroid dienone is 1. The highest BCUT2D eigenvalue weighted by Gasteiger charge is 2.23. The van der Waals surface area contributed by atoms with Gasteiger partial charge in [0, 0.05) is 19.4 Å². The summed E-state index contributed by atoms with van der Waals surface area (Å²) >= 11 is 0. The molecule has 7 heteroatoms. The topological polar surface area (TPSA) is 101 Å². The number of aliphatic carboxylic acids is 2. The minimum Gasteiger partial charge on any atom is -0.481 e. The van der Waals surface area contributed by atoms with Gasteiger partial charge in [-0.05, 0) is 55.4 Å². The molecule has 0 saturated carbocycles. The van der Waals surface area contributed by atoms with Gasteiger partial charge >= 0.3 is 11.9 Å². The van der Waals surface area contributed by atoms with Crippen molar-refractivity contribution in [2.45, 2.75) is 52.0 Å². The Morgan fingerprint density at radius 3 is 2.28 bits per heavy atom. The van der Waals surface area contributed by atoms with E-state index in [1.165, 1.54) is 0 Å². The summed E-state index contributed by atoms with van der Waals surface area (Å²) in [5.41, 5.74) is 5.43. The molecule has 3 aromatic rings. The van der Waals surface area contributed by atoms with Crippen LogP contribution in [0, 0.1) is 6.92 Å². The first-order valence-corrected chi connectivity index (χ1v) is 9.64. The predicted molar refractivity (Wildman–Crippen MR) is 109 cm³/mol. The van der Waals surface area contributed by atoms with Crippen LogP contribution in [0.25, 0.3) is 16.7 Å². The number of nitrogens with zero attached hydrogens (tertiary/aromatic N) is 2. The highest BCUT2D eigenvalue weighted by molar-refractivity contribution is 5.84. The first kappa shape index (κ1) is 20.4. The Morgan fingerprint density at radius 1 is 1.10 bits per heavy atom. The van der Waals surface area contributed by atoms with Crippen molar-refractivity contribution in [3.63, 3.8) is 0 Å². The molecular weight excluding hydrogens is 372 g/mol. The molecule has 0 unspecified atom stereocenters. The minimum atomic E-state index is -0.867. The molecule has 3 heterocycles. The summed E-state index contributed by atoms with van der Waals surface area (Å²) < 4.78 is 3.91. The summed E-state index contributed by atoms with van der Waals surface area (Å²) in [6, 6.07) is 3.97. The van der Waals surface area contributed by atoms with Crippen molar-refractivity contribution in [1.29, 1.82) is 0 Å². The average Bonchev–Trinajstić information content (AvgIpc) is 3.13. The molecular formula is C22H24N2O5. The van der Waals surface area contributed by atoms with Gasteiger partial charge in [0.1, 0.15) is 5.65 Å². The Hall–Kier alpha value is -3.31. The standard InChI is InChI=1S/C22H24N2O5/c1-3-12-23-18(13-25)21-16(7-5-9-20(28)29)15(6-4-8-19(26)27)17-11-10-14(2)22(23)24(17)21/h3,10-11H,1,4-9,12H2,2H3,(H,26,27)(H,28,29). The molecule has 0 spiro atoms. The summed E-state index contributed by atoms with van der Waals surface area (Å²) in [5.74, 6) is 0.355. The number of carbonyl (C=O) groups is 2. The zero-order valence-electron chi connectivity index (χ0n) is 16.4. The number of hydrogen-bond donors (Lipinski definition) is 2. The fraction of sp³-hybridized carbons (Fsp3) is 0.364. The normalized spacial score (nSPS) is 11.2. The summed E-state index contributed by atoms with van der Waals surface area (Å²) in [6.45, 7) is 6.21. The van der Waals surface area contributed by atoms with E-state index < -0.39 is 11.9 Å². The third-order valence-corrected chi connectivity index (χ3v) is 5.27. The SMILES string of the molecule is C=CCn1c(=C=O)c2c(CCCC(=O)O)c(CCCC(=O)O)c3ccc(C)c1n32. The highest BCUT2D eigenvalue weighted by atomic mass is 16.4. The van der Waals surface area contributed by atoms with Gasteiger partial charge in [0.15, 0.2) is 11.3 Å². The lowest BCUT2D eigenvalue weighted by molar-refractivity contribution is -0.138. The average molecular weight is 396 g/mol. The van der Waals surface area contributed by atoms with Crippen LogP contribution in [-0.4, -0.2) is 37.1 Å². The number of carboxylic acid groups (broad SMARTS) is 2. The zero-order valence-corrected chi connectivity index (χ0v) is 16.4. The second kappa shape index (κ2) is 8.37. The van der Waals surface area contributed by atoms with Gasteiger partial charge in [0.2, 0.25) is 0 Å². The number of carboxylic acids is 2. The van der Waals surface area contributed by atoms with Crippen molar-refractivity contribution in [3.05, 3.63) is 46.8 Å². The van der Waals surface area contributed by atoms with Gasteiger partial charge in [-0.3, -0.25) is 14.0 Å². The minimum absolute atomic E-state index is 0.0303. The number of pyridine rings is 1. The molecule has 0 aliphatic heterocycles. The molecule has 7 nitrogen and oxygen atoms in total. The third kappa shape index (κ3) is 3.69. The molecule has 3 aromatic heterocycles. The Labute approximate surface area is 167 Å². The molecule has 0 atom stereocenters. The zero-order chi connectivity index (χ0) is 21.1. The molecule has 2 N–H and O–H groups in total. The van der Waals surface area contributed by atoms with Crippen molar-refractivity contribution in [2.24, 2.45) is 0 Å². The fourth-order valence-corrected chi connectivity index (χ4v) is 4.15. The van der Waals surface area contributed by atoms with E-state index in [1.54, 1.807) is 6.08 Å². The summed E-state index contributed by atoms with van der Waals surface area (Å²) in [6.07, 6.45) is 3.76. The predicted octanol–water partition coefficient (Wildman–Crippen LogP) is 2.43. The maximum absolute atomic E-state index is 11.9. The van der Waals surface area contributed by atoms with E-state index >= 15 is 0 Å². The number of aryl methyl sites for hydroxylation is 3. The van der Waals surface area contributed by atoms with Crippen LogP contribution in [-0.2, 0) is 33.8 Å². The Bertz CT molecular complexity index is 1180. The molecule has 0 amide bonds. The van der Waals surface area contributed by atoms with Crippen LogP contribution in [0.15, 0.2) is 24.8 Å². The van der Waals surface area contributed by atoms with E-state index in [0.717, 1.165) is 33.4 Å². The van der Waals surface area contributed by atoms with E-state index in [4.69, 9.17) is 10.2 Å². The quantitative estimate of drug-likeness (QED) is 0.513. The molecule has 0 saturated heterocycles. The molecule has 0 bridgehead atoms. The third-order valence-electron chi connectivity index (χ3n) is 5.27. The molecule has 3 rings (SSSR count). The van der Waals surface area contributed by atoms with Gasteiger partial charge < -0.3 is 14.8 Å². The lowest BCUT2D eigenvalue weighted by Gasteiger charge is -2.09. The van der Waals surface area contributed by atoms with Crippen LogP contribution in [0.1, 0.15) is 42.4 Å². The molecule has 0 aliphatic carbocycles. The Balaban J connectivity index is 2.28. The smallest absolute Gasteiger partial charge is 0.303 e. The summed E-state index contributed by atoms with van der Waals surface area (Å²) in [4.78, 5) is 33.9. The summed E-state index contributed by atoms with van der Waals surface area (Å²) in [5, 5.41) is 18.5. The first-order valence-electron chi connectivity index (χ1n) is 9.64. The maximum atomic E-state index is 11.9. The van der Waals surface area contributed by atoms with Crippen LogP contribution in [0.5, 0.6) is 0 Å². The van der Waals surface area contributed by atoms with E-state index in [-0.39, 0.29) is 12.8 Å². The largest absolute Gasteiger partial charge is 0.481 e. The lowest BCUT2D eigenvalue weighted by atomic mass is 9.99. The number of carbonyl (C=O) groups excluding carboxylic acids is 1. The van der Waals surface area contributed by atoms with E-state index in [0.29, 0.717) is 37.6 Å². The van der Waals surface area contributed by atoms with Crippen molar-refractivity contribution < 1.29 is 24.6 Å². The van der Waals surface area contributed by atoms with Crippen molar-refractivity contribution >= 4 is 34.6 Å². The molecule has 29 heavy (non-hydrogen) atoms.